The zero-order chi connectivity index (χ0) is 18.9. The van der Waals surface area contributed by atoms with Gasteiger partial charge in [0.2, 0.25) is 10.0 Å². The molecule has 0 aromatic heterocycles. The summed E-state index contributed by atoms with van der Waals surface area (Å²) in [5, 5.41) is 11.4. The van der Waals surface area contributed by atoms with Crippen LogP contribution in [0.5, 0.6) is 0 Å². The van der Waals surface area contributed by atoms with Gasteiger partial charge in [-0.3, -0.25) is 10.1 Å². The summed E-state index contributed by atoms with van der Waals surface area (Å²) >= 11 is 5.79. The van der Waals surface area contributed by atoms with Crippen LogP contribution in [-0.4, -0.2) is 37.3 Å². The molecule has 2 atom stereocenters. The largest absolute Gasteiger partial charge is 0.330 e. The van der Waals surface area contributed by atoms with Crippen LogP contribution in [0.15, 0.2) is 53.4 Å². The first-order valence-electron chi connectivity index (χ1n) is 8.03. The van der Waals surface area contributed by atoms with Gasteiger partial charge in [0, 0.05) is 30.1 Å². The Kier molecular flexibility index (Phi) is 6.82. The SMILES string of the molecule is Cl.NC[C@@H]1CN(S(=O)(=O)c2ccc(Cl)cc2[N+](=O)[O-])C[C@H]1c1ccccc1. The fourth-order valence-electron chi connectivity index (χ4n) is 3.34. The van der Waals surface area contributed by atoms with Gasteiger partial charge in [-0.05, 0) is 30.2 Å². The maximum atomic E-state index is 13.0. The minimum absolute atomic E-state index is 0. The molecule has 0 aliphatic carbocycles. The molecule has 2 N–H and O–H groups in total. The number of rotatable bonds is 5. The summed E-state index contributed by atoms with van der Waals surface area (Å²) in [7, 11) is -4.04. The molecule has 2 aromatic carbocycles. The summed E-state index contributed by atoms with van der Waals surface area (Å²) in [6, 6.07) is 13.1. The minimum Gasteiger partial charge on any atom is -0.330 e. The summed E-state index contributed by atoms with van der Waals surface area (Å²) in [6.45, 7) is 0.778. The molecule has 1 fully saturated rings. The van der Waals surface area contributed by atoms with Crippen molar-refractivity contribution in [3.8, 4) is 0 Å². The molecule has 0 unspecified atom stereocenters. The molecule has 3 rings (SSSR count). The Balaban J connectivity index is 0.00000261. The van der Waals surface area contributed by atoms with Gasteiger partial charge in [-0.2, -0.15) is 4.31 Å². The fraction of sp³-hybridized carbons (Fsp3) is 0.294. The van der Waals surface area contributed by atoms with Gasteiger partial charge in [-0.15, -0.1) is 12.4 Å². The van der Waals surface area contributed by atoms with Crippen molar-refractivity contribution >= 4 is 39.7 Å². The molecule has 1 saturated heterocycles. The van der Waals surface area contributed by atoms with Gasteiger partial charge in [-0.25, -0.2) is 8.42 Å². The van der Waals surface area contributed by atoms with Crippen LogP contribution < -0.4 is 5.73 Å². The van der Waals surface area contributed by atoms with Crippen molar-refractivity contribution < 1.29 is 13.3 Å². The van der Waals surface area contributed by atoms with Crippen molar-refractivity contribution in [2.75, 3.05) is 19.6 Å². The highest BCUT2D eigenvalue weighted by Crippen LogP contribution is 2.37. The number of nitrogens with zero attached hydrogens (tertiary/aromatic N) is 2. The summed E-state index contributed by atoms with van der Waals surface area (Å²) < 4.78 is 27.4. The fourth-order valence-corrected chi connectivity index (χ4v) is 5.16. The summed E-state index contributed by atoms with van der Waals surface area (Å²) in [5.74, 6) is -0.110. The Morgan fingerprint density at radius 1 is 1.19 bits per heavy atom. The molecular formula is C17H19Cl2N3O4S. The van der Waals surface area contributed by atoms with E-state index in [9.17, 15) is 18.5 Å². The maximum absolute atomic E-state index is 13.0. The molecule has 1 aliphatic rings. The number of nitrogens with two attached hydrogens (primary N) is 1. The molecule has 146 valence electrons. The second-order valence-electron chi connectivity index (χ2n) is 6.20. The van der Waals surface area contributed by atoms with Crippen molar-refractivity contribution in [1.82, 2.24) is 4.31 Å². The number of nitro benzene ring substituents is 1. The lowest BCUT2D eigenvalue weighted by atomic mass is 9.89. The van der Waals surface area contributed by atoms with Crippen LogP contribution >= 0.6 is 24.0 Å². The topological polar surface area (TPSA) is 107 Å². The predicted molar refractivity (Wildman–Crippen MR) is 106 cm³/mol. The number of halogens is 2. The molecule has 10 heteroatoms. The molecular weight excluding hydrogens is 413 g/mol. The van der Waals surface area contributed by atoms with Crippen LogP contribution in [0.1, 0.15) is 11.5 Å². The average molecular weight is 432 g/mol. The number of sulfonamides is 1. The first kappa shape index (κ1) is 21.6. The maximum Gasteiger partial charge on any atom is 0.290 e. The van der Waals surface area contributed by atoms with Gasteiger partial charge in [0.1, 0.15) is 0 Å². The summed E-state index contributed by atoms with van der Waals surface area (Å²) in [4.78, 5) is 10.2. The van der Waals surface area contributed by atoms with Gasteiger partial charge in [-0.1, -0.05) is 41.9 Å². The third kappa shape index (κ3) is 4.25. The van der Waals surface area contributed by atoms with Gasteiger partial charge in [0.25, 0.3) is 5.69 Å². The first-order chi connectivity index (χ1) is 12.3. The van der Waals surface area contributed by atoms with Crippen LogP contribution in [0.25, 0.3) is 0 Å². The molecule has 0 bridgehead atoms. The van der Waals surface area contributed by atoms with Gasteiger partial charge in [0.05, 0.1) is 4.92 Å². The summed E-state index contributed by atoms with van der Waals surface area (Å²) in [6.07, 6.45) is 0. The molecule has 0 spiro atoms. The van der Waals surface area contributed by atoms with Gasteiger partial charge < -0.3 is 5.73 Å². The Hall–Kier alpha value is -1.71. The molecule has 7 nitrogen and oxygen atoms in total. The van der Waals surface area contributed by atoms with E-state index in [1.165, 1.54) is 16.4 Å². The van der Waals surface area contributed by atoms with Crippen LogP contribution in [0.2, 0.25) is 5.02 Å². The highest BCUT2D eigenvalue weighted by molar-refractivity contribution is 7.89. The zero-order valence-corrected chi connectivity index (χ0v) is 16.6. The average Bonchev–Trinajstić information content (AvgIpc) is 3.07. The second-order valence-corrected chi connectivity index (χ2v) is 8.55. The van der Waals surface area contributed by atoms with E-state index in [0.717, 1.165) is 11.6 Å². The van der Waals surface area contributed by atoms with E-state index in [1.54, 1.807) is 0 Å². The lowest BCUT2D eigenvalue weighted by molar-refractivity contribution is -0.387. The number of nitro groups is 1. The lowest BCUT2D eigenvalue weighted by Gasteiger charge is -2.17. The number of benzene rings is 2. The van der Waals surface area contributed by atoms with Crippen molar-refractivity contribution in [2.45, 2.75) is 10.8 Å². The standard InChI is InChI=1S/C17H18ClN3O4S.ClH/c18-14-6-7-17(16(8-14)21(22)23)26(24,25)20-10-13(9-19)15(11-20)12-4-2-1-3-5-12;/h1-8,13,15H,9-11,19H2;1H/t13-,15+;/m1./s1. The van der Waals surface area contributed by atoms with Gasteiger partial charge in [0.15, 0.2) is 4.90 Å². The number of hydrogen-bond donors (Lipinski definition) is 1. The van der Waals surface area contributed by atoms with Crippen molar-refractivity contribution in [1.29, 1.82) is 0 Å². The van der Waals surface area contributed by atoms with Crippen molar-refractivity contribution in [2.24, 2.45) is 11.7 Å². The smallest absolute Gasteiger partial charge is 0.290 e. The van der Waals surface area contributed by atoms with Crippen molar-refractivity contribution in [3.05, 3.63) is 69.2 Å². The van der Waals surface area contributed by atoms with E-state index >= 15 is 0 Å². The molecule has 0 radical (unpaired) electrons. The number of hydrogen-bond acceptors (Lipinski definition) is 5. The van der Waals surface area contributed by atoms with E-state index in [-0.39, 0.29) is 47.3 Å². The van der Waals surface area contributed by atoms with E-state index in [4.69, 9.17) is 17.3 Å². The highest BCUT2D eigenvalue weighted by Gasteiger charge is 2.41. The van der Waals surface area contributed by atoms with Gasteiger partial charge >= 0.3 is 0 Å². The monoisotopic (exact) mass is 431 g/mol. The Bertz CT molecular complexity index is 925. The molecule has 27 heavy (non-hydrogen) atoms. The highest BCUT2D eigenvalue weighted by atomic mass is 35.5. The molecule has 2 aromatic rings. The van der Waals surface area contributed by atoms with E-state index < -0.39 is 20.6 Å². The quantitative estimate of drug-likeness (QED) is 0.578. The van der Waals surface area contributed by atoms with E-state index in [2.05, 4.69) is 0 Å². The molecule has 1 heterocycles. The Morgan fingerprint density at radius 3 is 2.44 bits per heavy atom. The van der Waals surface area contributed by atoms with Crippen LogP contribution in [-0.2, 0) is 10.0 Å². The first-order valence-corrected chi connectivity index (χ1v) is 9.85. The van der Waals surface area contributed by atoms with Crippen LogP contribution in [0, 0.1) is 16.0 Å². The molecule has 1 aliphatic heterocycles. The van der Waals surface area contributed by atoms with Crippen LogP contribution in [0.4, 0.5) is 5.69 Å². The molecule has 0 saturated carbocycles. The normalized spacial score (nSPS) is 20.2. The minimum atomic E-state index is -4.04. The van der Waals surface area contributed by atoms with Crippen molar-refractivity contribution in [3.63, 3.8) is 0 Å². The Morgan fingerprint density at radius 2 is 1.85 bits per heavy atom. The second kappa shape index (κ2) is 8.53. The Labute approximate surface area is 168 Å². The lowest BCUT2D eigenvalue weighted by Crippen LogP contribution is -2.30. The third-order valence-electron chi connectivity index (χ3n) is 4.67. The molecule has 0 amide bonds. The van der Waals surface area contributed by atoms with Crippen LogP contribution in [0.3, 0.4) is 0 Å². The summed E-state index contributed by atoms with van der Waals surface area (Å²) in [5.41, 5.74) is 6.34. The predicted octanol–water partition coefficient (Wildman–Crippen LogP) is 3.03. The zero-order valence-electron chi connectivity index (χ0n) is 14.2. The third-order valence-corrected chi connectivity index (χ3v) is 6.79. The van der Waals surface area contributed by atoms with E-state index in [1.807, 2.05) is 30.3 Å². The van der Waals surface area contributed by atoms with E-state index in [0.29, 0.717) is 6.54 Å².